The Bertz CT molecular complexity index is 854. The highest BCUT2D eigenvalue weighted by molar-refractivity contribution is 5.93. The molecule has 1 amide bonds. The van der Waals surface area contributed by atoms with Crippen molar-refractivity contribution in [3.63, 3.8) is 0 Å². The van der Waals surface area contributed by atoms with Gasteiger partial charge in [0.2, 0.25) is 0 Å². The lowest BCUT2D eigenvalue weighted by Crippen LogP contribution is -2.36. The topological polar surface area (TPSA) is 107 Å². The van der Waals surface area contributed by atoms with E-state index in [9.17, 15) is 4.79 Å². The maximum Gasteiger partial charge on any atom is 0.271 e. The van der Waals surface area contributed by atoms with E-state index in [1.807, 2.05) is 43.7 Å². The number of carbonyl (C=O) groups is 2. The Morgan fingerprint density at radius 1 is 1.15 bits per heavy atom. The van der Waals surface area contributed by atoms with Gasteiger partial charge in [0.25, 0.3) is 5.91 Å². The van der Waals surface area contributed by atoms with Gasteiger partial charge >= 0.3 is 0 Å². The number of hydrogen-bond acceptors (Lipinski definition) is 7. The van der Waals surface area contributed by atoms with Crippen molar-refractivity contribution in [1.29, 1.82) is 0 Å². The first-order chi connectivity index (χ1) is 16.5. The predicted molar refractivity (Wildman–Crippen MR) is 138 cm³/mol. The molecule has 0 saturated heterocycles. The molecule has 0 aliphatic rings. The van der Waals surface area contributed by atoms with E-state index in [-0.39, 0.29) is 12.5 Å². The van der Waals surface area contributed by atoms with Gasteiger partial charge in [-0.3, -0.25) is 9.78 Å². The molecule has 8 nitrogen and oxygen atoms in total. The first kappa shape index (κ1) is 30.5. The molecular weight excluding hydrogens is 430 g/mol. The smallest absolute Gasteiger partial charge is 0.271 e. The van der Waals surface area contributed by atoms with Crippen LogP contribution in [0.1, 0.15) is 37.1 Å². The van der Waals surface area contributed by atoms with Crippen LogP contribution in [0.3, 0.4) is 0 Å². The number of amides is 1. The molecule has 0 aliphatic heterocycles. The monoisotopic (exact) mass is 469 g/mol. The summed E-state index contributed by atoms with van der Waals surface area (Å²) in [5.41, 5.74) is 3.77. The number of aliphatic imine (C=N–C) groups is 1. The van der Waals surface area contributed by atoms with Gasteiger partial charge in [-0.25, -0.2) is 4.99 Å². The molecule has 1 aromatic heterocycles. The van der Waals surface area contributed by atoms with E-state index in [4.69, 9.17) is 9.90 Å². The normalized spacial score (nSPS) is 10.4. The molecule has 2 aromatic rings. The molecule has 1 aromatic carbocycles. The second-order valence-electron chi connectivity index (χ2n) is 7.12. The Kier molecular flexibility index (Phi) is 17.0. The molecule has 0 saturated carbocycles. The van der Waals surface area contributed by atoms with E-state index in [1.54, 1.807) is 13.2 Å². The van der Waals surface area contributed by atoms with Crippen molar-refractivity contribution in [2.75, 3.05) is 26.7 Å². The predicted octanol–water partition coefficient (Wildman–Crippen LogP) is 2.86. The van der Waals surface area contributed by atoms with E-state index in [1.165, 1.54) is 5.56 Å². The fraction of sp³-hybridized carbons (Fsp3) is 0.385. The van der Waals surface area contributed by atoms with Crippen LogP contribution in [-0.2, 0) is 22.6 Å². The molecule has 0 atom stereocenters. The number of nitrogens with zero attached hydrogens (tertiary/aromatic N) is 3. The number of aromatic nitrogens is 1. The van der Waals surface area contributed by atoms with Gasteiger partial charge in [-0.15, -0.1) is 0 Å². The number of nitrogens with one attached hydrogen (secondary N) is 2. The van der Waals surface area contributed by atoms with Crippen molar-refractivity contribution in [2.45, 2.75) is 40.2 Å². The third-order valence-electron chi connectivity index (χ3n) is 4.73. The van der Waals surface area contributed by atoms with E-state index in [0.717, 1.165) is 17.7 Å². The van der Waals surface area contributed by atoms with Crippen LogP contribution in [-0.4, -0.2) is 61.1 Å². The van der Waals surface area contributed by atoms with Crippen LogP contribution in [0, 0.1) is 6.92 Å². The number of aliphatic hydroxyl groups excluding tert-OH is 1. The first-order valence-corrected chi connectivity index (χ1v) is 11.3. The standard InChI is InChI=1S/C17H27N5O2.C8H10.CH2O/c1-5-22(12-14-8-7-13(2)11-21-14)15(17(24)19-4)16(18-3)20-9-6-10-23;1-2-8-6-4-3-5-7-8;1-2/h7-8,11,20,23H,3,5-6,9-10,12H2,1-2,4H3,(H,19,24);3-7H,2H2,1H3;1H2/b16-15+;;. The molecule has 2 rings (SSSR count). The van der Waals surface area contributed by atoms with E-state index in [2.05, 4.69) is 58.5 Å². The second kappa shape index (κ2) is 19.0. The van der Waals surface area contributed by atoms with Crippen LogP contribution in [0.25, 0.3) is 0 Å². The third kappa shape index (κ3) is 11.4. The highest BCUT2D eigenvalue weighted by Gasteiger charge is 2.21. The van der Waals surface area contributed by atoms with Crippen LogP contribution < -0.4 is 10.6 Å². The zero-order valence-corrected chi connectivity index (χ0v) is 20.9. The molecule has 0 fully saturated rings. The number of likely N-dealkylation sites (N-methyl/N-ethyl adjacent to an activating group) is 2. The number of hydrogen-bond donors (Lipinski definition) is 3. The van der Waals surface area contributed by atoms with Crippen molar-refractivity contribution >= 4 is 19.4 Å². The van der Waals surface area contributed by atoms with Crippen LogP contribution in [0.5, 0.6) is 0 Å². The number of carbonyl (C=O) groups excluding carboxylic acids is 2. The maximum atomic E-state index is 12.4. The highest BCUT2D eigenvalue weighted by Crippen LogP contribution is 2.14. The molecule has 0 radical (unpaired) electrons. The molecule has 0 spiro atoms. The van der Waals surface area contributed by atoms with E-state index < -0.39 is 0 Å². The summed E-state index contributed by atoms with van der Waals surface area (Å²) in [5.74, 6) is 0.152. The third-order valence-corrected chi connectivity index (χ3v) is 4.73. The molecule has 0 unspecified atom stereocenters. The summed E-state index contributed by atoms with van der Waals surface area (Å²) in [4.78, 5) is 30.6. The number of aryl methyl sites for hydroxylation is 2. The van der Waals surface area contributed by atoms with Gasteiger partial charge in [-0.1, -0.05) is 43.3 Å². The Balaban J connectivity index is 0.000000904. The van der Waals surface area contributed by atoms with Crippen LogP contribution in [0.4, 0.5) is 0 Å². The molecular formula is C26H39N5O3. The van der Waals surface area contributed by atoms with Crippen molar-refractivity contribution in [3.05, 3.63) is 77.0 Å². The fourth-order valence-electron chi connectivity index (χ4n) is 2.87. The minimum Gasteiger partial charge on any atom is -0.396 e. The highest BCUT2D eigenvalue weighted by atomic mass is 16.3. The Morgan fingerprint density at radius 3 is 2.26 bits per heavy atom. The number of benzene rings is 1. The molecule has 0 aliphatic carbocycles. The average Bonchev–Trinajstić information content (AvgIpc) is 2.90. The first-order valence-electron chi connectivity index (χ1n) is 11.3. The summed E-state index contributed by atoms with van der Waals surface area (Å²) in [6.45, 7) is 13.3. The van der Waals surface area contributed by atoms with Gasteiger partial charge in [-0.05, 0) is 50.6 Å². The largest absolute Gasteiger partial charge is 0.396 e. The number of pyridine rings is 1. The van der Waals surface area contributed by atoms with Gasteiger partial charge in [-0.2, -0.15) is 0 Å². The molecule has 3 N–H and O–H groups in total. The van der Waals surface area contributed by atoms with Gasteiger partial charge in [0.1, 0.15) is 12.5 Å². The Morgan fingerprint density at radius 2 is 1.82 bits per heavy atom. The average molecular weight is 470 g/mol. The summed E-state index contributed by atoms with van der Waals surface area (Å²) < 4.78 is 0. The lowest BCUT2D eigenvalue weighted by atomic mass is 10.2. The lowest BCUT2D eigenvalue weighted by Gasteiger charge is -2.26. The molecule has 186 valence electrons. The molecule has 8 heteroatoms. The summed E-state index contributed by atoms with van der Waals surface area (Å²) in [7, 11) is 1.58. The Hall–Kier alpha value is -3.52. The zero-order valence-electron chi connectivity index (χ0n) is 20.9. The van der Waals surface area contributed by atoms with Gasteiger partial charge < -0.3 is 25.4 Å². The maximum absolute atomic E-state index is 12.4. The van der Waals surface area contributed by atoms with Gasteiger partial charge in [0.05, 0.1) is 12.2 Å². The summed E-state index contributed by atoms with van der Waals surface area (Å²) in [5, 5.41) is 14.6. The Labute approximate surface area is 203 Å². The van der Waals surface area contributed by atoms with Crippen molar-refractivity contribution in [3.8, 4) is 0 Å². The minimum absolute atomic E-state index is 0.0670. The van der Waals surface area contributed by atoms with E-state index >= 15 is 0 Å². The minimum atomic E-state index is -0.247. The summed E-state index contributed by atoms with van der Waals surface area (Å²) >= 11 is 0. The fourth-order valence-corrected chi connectivity index (χ4v) is 2.87. The zero-order chi connectivity index (χ0) is 25.8. The van der Waals surface area contributed by atoms with Crippen molar-refractivity contribution in [1.82, 2.24) is 20.5 Å². The van der Waals surface area contributed by atoms with E-state index in [0.29, 0.717) is 37.6 Å². The van der Waals surface area contributed by atoms with Crippen LogP contribution >= 0.6 is 0 Å². The lowest BCUT2D eigenvalue weighted by molar-refractivity contribution is -0.118. The van der Waals surface area contributed by atoms with Crippen molar-refractivity contribution in [2.24, 2.45) is 4.99 Å². The summed E-state index contributed by atoms with van der Waals surface area (Å²) in [6.07, 6.45) is 3.51. The van der Waals surface area contributed by atoms with Crippen molar-refractivity contribution < 1.29 is 14.7 Å². The van der Waals surface area contributed by atoms with Gasteiger partial charge in [0.15, 0.2) is 5.82 Å². The quantitative estimate of drug-likeness (QED) is 0.265. The number of rotatable bonds is 11. The second-order valence-corrected chi connectivity index (χ2v) is 7.12. The molecule has 34 heavy (non-hydrogen) atoms. The van der Waals surface area contributed by atoms with Crippen LogP contribution in [0.2, 0.25) is 0 Å². The van der Waals surface area contributed by atoms with Gasteiger partial charge in [0, 0.05) is 32.9 Å². The molecule has 1 heterocycles. The van der Waals surface area contributed by atoms with Crippen LogP contribution in [0.15, 0.2) is 65.2 Å². The summed E-state index contributed by atoms with van der Waals surface area (Å²) in [6, 6.07) is 14.4. The SMILES string of the molecule is C=N/C(NCCCO)=C(/C(=O)NC)N(CC)Cc1ccc(C)cn1.C=O.CCc1ccccc1. The number of aliphatic hydroxyl groups is 1. The molecule has 0 bridgehead atoms.